The van der Waals surface area contributed by atoms with Crippen molar-refractivity contribution in [2.24, 2.45) is 11.8 Å². The van der Waals surface area contributed by atoms with Crippen LogP contribution >= 0.6 is 0 Å². The quantitative estimate of drug-likeness (QED) is 0.482. The summed E-state index contributed by atoms with van der Waals surface area (Å²) in [5.41, 5.74) is 0. The fraction of sp³-hybridized carbons (Fsp3) is 1.00. The Labute approximate surface area is 144 Å². The van der Waals surface area contributed by atoms with E-state index in [0.717, 1.165) is 31.3 Å². The summed E-state index contributed by atoms with van der Waals surface area (Å²) in [5, 5.41) is 9.86. The molecule has 2 fully saturated rings. The minimum Gasteiger partial charge on any atom is -0.393 e. The lowest BCUT2D eigenvalue weighted by molar-refractivity contribution is -0.0665. The van der Waals surface area contributed by atoms with Crippen LogP contribution in [0.4, 0.5) is 0 Å². The summed E-state index contributed by atoms with van der Waals surface area (Å²) in [6.07, 6.45) is 20.0. The lowest BCUT2D eigenvalue weighted by Gasteiger charge is -2.42. The highest BCUT2D eigenvalue weighted by molar-refractivity contribution is 4.88. The Kier molecular flexibility index (Phi) is 9.60. The van der Waals surface area contributed by atoms with Crippen LogP contribution in [-0.4, -0.2) is 23.9 Å². The summed E-state index contributed by atoms with van der Waals surface area (Å²) in [6.45, 7) is 3.25. The molecule has 2 heteroatoms. The first-order valence-electron chi connectivity index (χ1n) is 10.6. The van der Waals surface area contributed by atoms with Crippen LogP contribution in [0.5, 0.6) is 0 Å². The minimum atomic E-state index is -0.0349. The van der Waals surface area contributed by atoms with E-state index in [9.17, 15) is 5.11 Å². The van der Waals surface area contributed by atoms with Crippen LogP contribution < -0.4 is 0 Å². The molecule has 0 amide bonds. The van der Waals surface area contributed by atoms with Crippen molar-refractivity contribution in [2.45, 2.75) is 115 Å². The van der Waals surface area contributed by atoms with Gasteiger partial charge in [0.25, 0.3) is 0 Å². The Balaban J connectivity index is 1.47. The van der Waals surface area contributed by atoms with Gasteiger partial charge in [0.15, 0.2) is 0 Å². The van der Waals surface area contributed by atoms with Gasteiger partial charge in [-0.05, 0) is 50.4 Å². The molecular formula is C21H40O2. The molecule has 0 spiro atoms. The van der Waals surface area contributed by atoms with Crippen molar-refractivity contribution in [1.29, 1.82) is 0 Å². The number of aliphatic hydroxyl groups excluding tert-OH is 1. The standard InChI is InChI=1S/C21H40O2/c1-2-3-4-5-6-7-8-9-10-16-23-21-13-11-12-18-17-19(22)14-15-20(18)21/h18-22H,2-17H2,1H3. The van der Waals surface area contributed by atoms with Gasteiger partial charge in [0, 0.05) is 6.61 Å². The first-order chi connectivity index (χ1) is 11.3. The van der Waals surface area contributed by atoms with Crippen molar-refractivity contribution >= 4 is 0 Å². The third-order valence-electron chi connectivity index (χ3n) is 6.13. The molecule has 2 nitrogen and oxygen atoms in total. The molecule has 0 bridgehead atoms. The number of rotatable bonds is 11. The molecule has 0 aliphatic heterocycles. The number of ether oxygens (including phenoxy) is 1. The van der Waals surface area contributed by atoms with Gasteiger partial charge in [0.2, 0.25) is 0 Å². The van der Waals surface area contributed by atoms with Crippen LogP contribution in [0, 0.1) is 11.8 Å². The predicted molar refractivity (Wildman–Crippen MR) is 97.7 cm³/mol. The van der Waals surface area contributed by atoms with Crippen molar-refractivity contribution in [1.82, 2.24) is 0 Å². The van der Waals surface area contributed by atoms with E-state index >= 15 is 0 Å². The fourth-order valence-electron chi connectivity index (χ4n) is 4.73. The molecule has 0 aromatic heterocycles. The number of hydrogen-bond donors (Lipinski definition) is 1. The van der Waals surface area contributed by atoms with E-state index in [1.54, 1.807) is 0 Å². The lowest BCUT2D eigenvalue weighted by atomic mass is 9.68. The van der Waals surface area contributed by atoms with E-state index in [4.69, 9.17) is 4.74 Å². The van der Waals surface area contributed by atoms with E-state index in [-0.39, 0.29) is 6.10 Å². The Morgan fingerprint density at radius 2 is 1.52 bits per heavy atom. The molecule has 2 aliphatic carbocycles. The molecule has 0 aromatic carbocycles. The number of hydrogen-bond acceptors (Lipinski definition) is 2. The monoisotopic (exact) mass is 324 g/mol. The highest BCUT2D eigenvalue weighted by atomic mass is 16.5. The zero-order valence-electron chi connectivity index (χ0n) is 15.5. The fourth-order valence-corrected chi connectivity index (χ4v) is 4.73. The molecule has 0 heterocycles. The van der Waals surface area contributed by atoms with Gasteiger partial charge < -0.3 is 9.84 Å². The maximum absolute atomic E-state index is 9.86. The second-order valence-electron chi connectivity index (χ2n) is 8.06. The Bertz CT molecular complexity index is 292. The molecule has 2 aliphatic rings. The van der Waals surface area contributed by atoms with Gasteiger partial charge in [-0.15, -0.1) is 0 Å². The van der Waals surface area contributed by atoms with Gasteiger partial charge in [-0.25, -0.2) is 0 Å². The Hall–Kier alpha value is -0.0800. The molecule has 0 aromatic rings. The molecule has 23 heavy (non-hydrogen) atoms. The second kappa shape index (κ2) is 11.5. The molecule has 0 radical (unpaired) electrons. The van der Waals surface area contributed by atoms with Gasteiger partial charge in [0.1, 0.15) is 0 Å². The van der Waals surface area contributed by atoms with Gasteiger partial charge in [-0.1, -0.05) is 64.7 Å². The summed E-state index contributed by atoms with van der Waals surface area (Å²) in [5.74, 6) is 1.48. The van der Waals surface area contributed by atoms with E-state index in [1.807, 2.05) is 0 Å². The molecule has 136 valence electrons. The SMILES string of the molecule is CCCCCCCCCCCOC1CCCC2CC(O)CCC21. The molecule has 1 N–H and O–H groups in total. The maximum atomic E-state index is 9.86. The largest absolute Gasteiger partial charge is 0.393 e. The van der Waals surface area contributed by atoms with E-state index in [0.29, 0.717) is 6.10 Å². The van der Waals surface area contributed by atoms with Crippen molar-refractivity contribution in [3.8, 4) is 0 Å². The minimum absolute atomic E-state index is 0.0349. The molecule has 2 rings (SSSR count). The van der Waals surface area contributed by atoms with Crippen LogP contribution in [0.1, 0.15) is 103 Å². The molecular weight excluding hydrogens is 284 g/mol. The molecule has 4 atom stereocenters. The zero-order chi connectivity index (χ0) is 16.3. The highest BCUT2D eigenvalue weighted by Gasteiger charge is 2.37. The van der Waals surface area contributed by atoms with Gasteiger partial charge >= 0.3 is 0 Å². The Morgan fingerprint density at radius 1 is 0.826 bits per heavy atom. The summed E-state index contributed by atoms with van der Waals surface area (Å²) < 4.78 is 6.27. The average Bonchev–Trinajstić information content (AvgIpc) is 2.56. The first-order valence-corrected chi connectivity index (χ1v) is 10.6. The third kappa shape index (κ3) is 7.13. The number of unbranched alkanes of at least 4 members (excludes halogenated alkanes) is 8. The third-order valence-corrected chi connectivity index (χ3v) is 6.13. The summed E-state index contributed by atoms with van der Waals surface area (Å²) >= 11 is 0. The van der Waals surface area contributed by atoms with Crippen molar-refractivity contribution < 1.29 is 9.84 Å². The molecule has 4 unspecified atom stereocenters. The predicted octanol–water partition coefficient (Wildman–Crippen LogP) is 5.86. The van der Waals surface area contributed by atoms with Gasteiger partial charge in [0.05, 0.1) is 12.2 Å². The summed E-state index contributed by atoms with van der Waals surface area (Å²) in [6, 6.07) is 0. The summed E-state index contributed by atoms with van der Waals surface area (Å²) in [4.78, 5) is 0. The second-order valence-corrected chi connectivity index (χ2v) is 8.06. The topological polar surface area (TPSA) is 29.5 Å². The van der Waals surface area contributed by atoms with Crippen LogP contribution in [0.15, 0.2) is 0 Å². The number of aliphatic hydroxyl groups is 1. The van der Waals surface area contributed by atoms with E-state index < -0.39 is 0 Å². The number of fused-ring (bicyclic) bond motifs is 1. The van der Waals surface area contributed by atoms with Gasteiger partial charge in [-0.2, -0.15) is 0 Å². The Morgan fingerprint density at radius 3 is 2.26 bits per heavy atom. The van der Waals surface area contributed by atoms with Gasteiger partial charge in [-0.3, -0.25) is 0 Å². The van der Waals surface area contributed by atoms with Crippen LogP contribution in [0.25, 0.3) is 0 Å². The molecule has 0 saturated heterocycles. The van der Waals surface area contributed by atoms with Crippen molar-refractivity contribution in [3.63, 3.8) is 0 Å². The van der Waals surface area contributed by atoms with E-state index in [1.165, 1.54) is 83.5 Å². The van der Waals surface area contributed by atoms with Crippen molar-refractivity contribution in [2.75, 3.05) is 6.61 Å². The smallest absolute Gasteiger partial charge is 0.0605 e. The first kappa shape index (κ1) is 19.2. The average molecular weight is 325 g/mol. The van der Waals surface area contributed by atoms with Crippen LogP contribution in [-0.2, 0) is 4.74 Å². The zero-order valence-corrected chi connectivity index (χ0v) is 15.5. The summed E-state index contributed by atoms with van der Waals surface area (Å²) in [7, 11) is 0. The highest BCUT2D eigenvalue weighted by Crippen LogP contribution is 2.41. The molecule has 2 saturated carbocycles. The van der Waals surface area contributed by atoms with Crippen LogP contribution in [0.3, 0.4) is 0 Å². The van der Waals surface area contributed by atoms with Crippen LogP contribution in [0.2, 0.25) is 0 Å². The van der Waals surface area contributed by atoms with Crippen molar-refractivity contribution in [3.05, 3.63) is 0 Å². The van der Waals surface area contributed by atoms with E-state index in [2.05, 4.69) is 6.92 Å². The lowest BCUT2D eigenvalue weighted by Crippen LogP contribution is -2.40. The maximum Gasteiger partial charge on any atom is 0.0605 e. The normalized spacial score (nSPS) is 31.0.